The average molecular weight is 303 g/mol. The normalized spacial score (nSPS) is 25.4. The molecule has 1 N–H and O–H groups in total. The SMILES string of the molecule is Cc1ncc(CN2CCN(C3CCNC3)CC2)s1.Cl. The number of halogens is 1. The van der Waals surface area contributed by atoms with Gasteiger partial charge in [0.1, 0.15) is 0 Å². The molecule has 0 spiro atoms. The van der Waals surface area contributed by atoms with Gasteiger partial charge in [0.2, 0.25) is 0 Å². The number of thiazole rings is 1. The van der Waals surface area contributed by atoms with Crippen LogP contribution in [0.4, 0.5) is 0 Å². The number of rotatable bonds is 3. The zero-order chi connectivity index (χ0) is 12.4. The van der Waals surface area contributed by atoms with Crippen LogP contribution in [-0.4, -0.2) is 60.1 Å². The zero-order valence-corrected chi connectivity index (χ0v) is 13.1. The molecule has 0 bridgehead atoms. The van der Waals surface area contributed by atoms with Gasteiger partial charge in [-0.1, -0.05) is 0 Å². The van der Waals surface area contributed by atoms with E-state index in [1.807, 2.05) is 17.5 Å². The molecule has 108 valence electrons. The van der Waals surface area contributed by atoms with Crippen molar-refractivity contribution in [2.45, 2.75) is 25.9 Å². The second kappa shape index (κ2) is 6.99. The predicted octanol–water partition coefficient (Wildman–Crippen LogP) is 1.35. The van der Waals surface area contributed by atoms with Crippen molar-refractivity contribution in [1.82, 2.24) is 20.1 Å². The molecule has 19 heavy (non-hydrogen) atoms. The average Bonchev–Trinajstić information content (AvgIpc) is 3.02. The fourth-order valence-electron chi connectivity index (χ4n) is 2.94. The Morgan fingerprint density at radius 1 is 1.37 bits per heavy atom. The summed E-state index contributed by atoms with van der Waals surface area (Å²) >= 11 is 1.83. The molecule has 6 heteroatoms. The number of aromatic nitrogens is 1. The Kier molecular flexibility index (Phi) is 5.59. The monoisotopic (exact) mass is 302 g/mol. The molecule has 1 aromatic heterocycles. The van der Waals surface area contributed by atoms with E-state index in [2.05, 4.69) is 27.0 Å². The van der Waals surface area contributed by atoms with Crippen molar-refractivity contribution in [3.8, 4) is 0 Å². The second-order valence-corrected chi connectivity index (χ2v) is 6.62. The first kappa shape index (κ1) is 15.2. The minimum atomic E-state index is 0. The fraction of sp³-hybridized carbons (Fsp3) is 0.769. The molecule has 2 aliphatic heterocycles. The first-order valence-corrected chi connectivity index (χ1v) is 7.71. The molecular weight excluding hydrogens is 280 g/mol. The van der Waals surface area contributed by atoms with Crippen molar-refractivity contribution in [3.63, 3.8) is 0 Å². The van der Waals surface area contributed by atoms with Gasteiger partial charge in [0.05, 0.1) is 5.01 Å². The predicted molar refractivity (Wildman–Crippen MR) is 82.2 cm³/mol. The minimum absolute atomic E-state index is 0. The van der Waals surface area contributed by atoms with Crippen LogP contribution in [0.15, 0.2) is 6.20 Å². The Morgan fingerprint density at radius 3 is 2.74 bits per heavy atom. The molecule has 2 aliphatic rings. The number of nitrogens with zero attached hydrogens (tertiary/aromatic N) is 3. The molecule has 0 aliphatic carbocycles. The van der Waals surface area contributed by atoms with Crippen LogP contribution < -0.4 is 5.32 Å². The van der Waals surface area contributed by atoms with Gasteiger partial charge in [-0.2, -0.15) is 0 Å². The third-order valence-electron chi connectivity index (χ3n) is 4.01. The maximum Gasteiger partial charge on any atom is 0.0897 e. The maximum absolute atomic E-state index is 4.33. The first-order chi connectivity index (χ1) is 8.81. The largest absolute Gasteiger partial charge is 0.315 e. The Labute approximate surface area is 125 Å². The molecule has 1 atom stereocenters. The quantitative estimate of drug-likeness (QED) is 0.913. The second-order valence-electron chi connectivity index (χ2n) is 5.30. The van der Waals surface area contributed by atoms with E-state index in [9.17, 15) is 0 Å². The van der Waals surface area contributed by atoms with E-state index in [-0.39, 0.29) is 12.4 Å². The van der Waals surface area contributed by atoms with Crippen molar-refractivity contribution >= 4 is 23.7 Å². The number of nitrogens with one attached hydrogen (secondary N) is 1. The van der Waals surface area contributed by atoms with Gasteiger partial charge in [-0.25, -0.2) is 4.98 Å². The van der Waals surface area contributed by atoms with Gasteiger partial charge in [0.15, 0.2) is 0 Å². The summed E-state index contributed by atoms with van der Waals surface area (Å²) in [6, 6.07) is 0.790. The van der Waals surface area contributed by atoms with Crippen LogP contribution in [0.2, 0.25) is 0 Å². The van der Waals surface area contributed by atoms with Crippen LogP contribution in [0.3, 0.4) is 0 Å². The lowest BCUT2D eigenvalue weighted by Crippen LogP contribution is -2.50. The third-order valence-corrected chi connectivity index (χ3v) is 4.90. The molecule has 0 aromatic carbocycles. The van der Waals surface area contributed by atoms with Gasteiger partial charge in [0.25, 0.3) is 0 Å². The topological polar surface area (TPSA) is 31.4 Å². The molecule has 1 aromatic rings. The summed E-state index contributed by atoms with van der Waals surface area (Å²) in [6.45, 7) is 10.4. The van der Waals surface area contributed by atoms with Crippen LogP contribution >= 0.6 is 23.7 Å². The van der Waals surface area contributed by atoms with Crippen molar-refractivity contribution in [1.29, 1.82) is 0 Å². The van der Waals surface area contributed by atoms with Gasteiger partial charge in [0, 0.05) is 56.4 Å². The van der Waals surface area contributed by atoms with Gasteiger partial charge in [-0.3, -0.25) is 9.80 Å². The lowest BCUT2D eigenvalue weighted by atomic mass is 10.2. The van der Waals surface area contributed by atoms with E-state index in [1.165, 1.54) is 55.6 Å². The molecule has 3 heterocycles. The van der Waals surface area contributed by atoms with Crippen molar-refractivity contribution < 1.29 is 0 Å². The number of hydrogen-bond acceptors (Lipinski definition) is 5. The highest BCUT2D eigenvalue weighted by Crippen LogP contribution is 2.17. The maximum atomic E-state index is 4.33. The lowest BCUT2D eigenvalue weighted by Gasteiger charge is -2.37. The van der Waals surface area contributed by atoms with Gasteiger partial charge >= 0.3 is 0 Å². The molecule has 0 radical (unpaired) electrons. The highest BCUT2D eigenvalue weighted by molar-refractivity contribution is 7.11. The molecular formula is C13H23ClN4S. The van der Waals surface area contributed by atoms with E-state index >= 15 is 0 Å². The standard InChI is InChI=1S/C13H22N4S.ClH/c1-11-15-9-13(18-11)10-16-4-6-17(7-5-16)12-2-3-14-8-12;/h9,12,14H,2-8,10H2,1H3;1H. The molecule has 2 saturated heterocycles. The molecule has 1 unspecified atom stereocenters. The Hall–Kier alpha value is -0.200. The Morgan fingerprint density at radius 2 is 2.16 bits per heavy atom. The van der Waals surface area contributed by atoms with Crippen LogP contribution in [0.25, 0.3) is 0 Å². The summed E-state index contributed by atoms with van der Waals surface area (Å²) in [6.07, 6.45) is 3.36. The molecule has 0 saturated carbocycles. The Balaban J connectivity index is 0.00000133. The van der Waals surface area contributed by atoms with E-state index in [4.69, 9.17) is 0 Å². The summed E-state index contributed by atoms with van der Waals surface area (Å²) in [5, 5.41) is 4.64. The van der Waals surface area contributed by atoms with Crippen molar-refractivity contribution in [2.24, 2.45) is 0 Å². The van der Waals surface area contributed by atoms with Crippen molar-refractivity contribution in [2.75, 3.05) is 39.3 Å². The summed E-state index contributed by atoms with van der Waals surface area (Å²) < 4.78 is 0. The highest BCUT2D eigenvalue weighted by Gasteiger charge is 2.25. The smallest absolute Gasteiger partial charge is 0.0897 e. The lowest BCUT2D eigenvalue weighted by molar-refractivity contribution is 0.0987. The molecule has 4 nitrogen and oxygen atoms in total. The van der Waals surface area contributed by atoms with E-state index in [0.29, 0.717) is 0 Å². The molecule has 3 rings (SSSR count). The van der Waals surface area contributed by atoms with Gasteiger partial charge < -0.3 is 5.32 Å². The summed E-state index contributed by atoms with van der Waals surface area (Å²) in [7, 11) is 0. The Bertz CT molecular complexity index is 384. The van der Waals surface area contributed by atoms with Crippen LogP contribution in [0.1, 0.15) is 16.3 Å². The summed E-state index contributed by atoms with van der Waals surface area (Å²) in [5.41, 5.74) is 0. The van der Waals surface area contributed by atoms with Crippen LogP contribution in [0, 0.1) is 6.92 Å². The third kappa shape index (κ3) is 3.89. The number of hydrogen-bond donors (Lipinski definition) is 1. The fourth-order valence-corrected chi connectivity index (χ4v) is 3.77. The van der Waals surface area contributed by atoms with Crippen LogP contribution in [-0.2, 0) is 6.54 Å². The number of aryl methyl sites for hydroxylation is 1. The number of piperazine rings is 1. The molecule has 0 amide bonds. The van der Waals surface area contributed by atoms with E-state index in [1.54, 1.807) is 0 Å². The highest BCUT2D eigenvalue weighted by atomic mass is 35.5. The van der Waals surface area contributed by atoms with E-state index < -0.39 is 0 Å². The minimum Gasteiger partial charge on any atom is -0.315 e. The van der Waals surface area contributed by atoms with E-state index in [0.717, 1.165) is 12.6 Å². The van der Waals surface area contributed by atoms with Crippen LogP contribution in [0.5, 0.6) is 0 Å². The zero-order valence-electron chi connectivity index (χ0n) is 11.5. The first-order valence-electron chi connectivity index (χ1n) is 6.90. The van der Waals surface area contributed by atoms with Gasteiger partial charge in [-0.15, -0.1) is 23.7 Å². The summed E-state index contributed by atoms with van der Waals surface area (Å²) in [4.78, 5) is 11.0. The molecule has 2 fully saturated rings. The van der Waals surface area contributed by atoms with Gasteiger partial charge in [-0.05, 0) is 19.9 Å². The summed E-state index contributed by atoms with van der Waals surface area (Å²) in [5.74, 6) is 0. The van der Waals surface area contributed by atoms with Crippen molar-refractivity contribution in [3.05, 3.63) is 16.1 Å².